The van der Waals surface area contributed by atoms with Crippen LogP contribution in [0.25, 0.3) is 0 Å². The number of anilines is 1. The van der Waals surface area contributed by atoms with Gasteiger partial charge in [-0.3, -0.25) is 4.99 Å². The van der Waals surface area contributed by atoms with Crippen LogP contribution in [0.3, 0.4) is 0 Å². The molecule has 1 heterocycles. The number of isothiocyanates is 1. The zero-order valence-electron chi connectivity index (χ0n) is 8.95. The number of hydrogen-bond acceptors (Lipinski definition) is 5. The van der Waals surface area contributed by atoms with Gasteiger partial charge in [-0.05, 0) is 36.8 Å². The molecule has 0 aromatic heterocycles. The van der Waals surface area contributed by atoms with Gasteiger partial charge >= 0.3 is 0 Å². The third kappa shape index (κ3) is 2.45. The number of aliphatic imine (C=N–C) groups is 2. The summed E-state index contributed by atoms with van der Waals surface area (Å²) in [6.07, 6.45) is 0. The first kappa shape index (κ1) is 10.8. The van der Waals surface area contributed by atoms with E-state index in [-0.39, 0.29) is 0 Å². The van der Waals surface area contributed by atoms with Crippen molar-refractivity contribution < 1.29 is 0 Å². The lowest BCUT2D eigenvalue weighted by molar-refractivity contribution is 0.959. The Morgan fingerprint density at radius 2 is 2.44 bits per heavy atom. The molecule has 0 saturated heterocycles. The third-order valence-electron chi connectivity index (χ3n) is 2.32. The van der Waals surface area contributed by atoms with Gasteiger partial charge in [-0.2, -0.15) is 4.99 Å². The molecule has 0 unspecified atom stereocenters. The maximum absolute atomic E-state index is 4.58. The third-order valence-corrected chi connectivity index (χ3v) is 2.41. The van der Waals surface area contributed by atoms with Crippen LogP contribution < -0.4 is 10.6 Å². The van der Waals surface area contributed by atoms with Crippen LogP contribution in [0.15, 0.2) is 28.2 Å². The second-order valence-electron chi connectivity index (χ2n) is 3.48. The maximum Gasteiger partial charge on any atom is 0.195 e. The van der Waals surface area contributed by atoms with Gasteiger partial charge in [0.15, 0.2) is 5.96 Å². The van der Waals surface area contributed by atoms with E-state index in [0.717, 1.165) is 36.0 Å². The minimum Gasteiger partial charge on any atom is -0.354 e. The van der Waals surface area contributed by atoms with E-state index in [4.69, 9.17) is 0 Å². The van der Waals surface area contributed by atoms with Gasteiger partial charge in [0.25, 0.3) is 0 Å². The normalized spacial score (nSPS) is 13.7. The molecule has 0 saturated carbocycles. The summed E-state index contributed by atoms with van der Waals surface area (Å²) in [6.45, 7) is 3.74. The lowest BCUT2D eigenvalue weighted by atomic mass is 10.2. The summed E-state index contributed by atoms with van der Waals surface area (Å²) in [6, 6.07) is 5.82. The highest BCUT2D eigenvalue weighted by Gasteiger charge is 2.06. The summed E-state index contributed by atoms with van der Waals surface area (Å²) in [5.41, 5.74) is 2.92. The number of aryl methyl sites for hydroxylation is 1. The molecule has 0 amide bonds. The predicted molar refractivity (Wildman–Crippen MR) is 69.8 cm³/mol. The van der Waals surface area contributed by atoms with E-state index >= 15 is 0 Å². The van der Waals surface area contributed by atoms with Crippen molar-refractivity contribution in [2.24, 2.45) is 9.98 Å². The lowest BCUT2D eigenvalue weighted by Gasteiger charge is -2.09. The molecular formula is C11H12N4S. The fourth-order valence-electron chi connectivity index (χ4n) is 1.48. The second kappa shape index (κ2) is 4.88. The molecule has 1 aliphatic rings. The monoisotopic (exact) mass is 232 g/mol. The molecule has 0 bridgehead atoms. The molecule has 0 radical (unpaired) electrons. The first-order chi connectivity index (χ1) is 7.79. The molecule has 0 spiro atoms. The lowest BCUT2D eigenvalue weighted by Crippen LogP contribution is -2.26. The van der Waals surface area contributed by atoms with Crippen LogP contribution in [0.2, 0.25) is 0 Å². The minimum atomic E-state index is 0.793. The number of rotatable bonds is 2. The van der Waals surface area contributed by atoms with Crippen LogP contribution in [0.5, 0.6) is 0 Å². The van der Waals surface area contributed by atoms with Crippen molar-refractivity contribution in [2.75, 3.05) is 18.4 Å². The predicted octanol–water partition coefficient (Wildman–Crippen LogP) is 2.10. The first-order valence-corrected chi connectivity index (χ1v) is 5.44. The second-order valence-corrected chi connectivity index (χ2v) is 3.67. The van der Waals surface area contributed by atoms with Gasteiger partial charge < -0.3 is 10.6 Å². The summed E-state index contributed by atoms with van der Waals surface area (Å²) in [5.74, 6) is 0.812. The maximum atomic E-state index is 4.58. The number of guanidine groups is 1. The Morgan fingerprint density at radius 1 is 1.56 bits per heavy atom. The van der Waals surface area contributed by atoms with Crippen LogP contribution in [0.1, 0.15) is 5.56 Å². The summed E-state index contributed by atoms with van der Waals surface area (Å²) < 4.78 is 0. The summed E-state index contributed by atoms with van der Waals surface area (Å²) in [5, 5.41) is 8.74. The number of thiocarbonyl (C=S) groups is 1. The molecule has 1 aliphatic heterocycles. The number of nitrogens with zero attached hydrogens (tertiary/aromatic N) is 2. The molecule has 2 rings (SSSR count). The number of hydrogen-bond donors (Lipinski definition) is 2. The molecule has 16 heavy (non-hydrogen) atoms. The van der Waals surface area contributed by atoms with Crippen molar-refractivity contribution in [1.82, 2.24) is 5.32 Å². The fourth-order valence-corrected chi connectivity index (χ4v) is 1.58. The quantitative estimate of drug-likeness (QED) is 0.606. The smallest absolute Gasteiger partial charge is 0.195 e. The average Bonchev–Trinajstić information content (AvgIpc) is 2.76. The van der Waals surface area contributed by atoms with Crippen molar-refractivity contribution in [3.63, 3.8) is 0 Å². The Kier molecular flexibility index (Phi) is 3.29. The summed E-state index contributed by atoms with van der Waals surface area (Å²) >= 11 is 4.58. The highest BCUT2D eigenvalue weighted by atomic mass is 32.1. The van der Waals surface area contributed by atoms with Crippen LogP contribution in [-0.4, -0.2) is 24.2 Å². The van der Waals surface area contributed by atoms with Crippen molar-refractivity contribution >= 4 is 34.7 Å². The molecule has 5 heteroatoms. The molecule has 0 aliphatic carbocycles. The first-order valence-electron chi connectivity index (χ1n) is 5.03. The van der Waals surface area contributed by atoms with Crippen LogP contribution >= 0.6 is 12.2 Å². The Hall–Kier alpha value is -1.71. The zero-order valence-corrected chi connectivity index (χ0v) is 9.77. The van der Waals surface area contributed by atoms with E-state index in [2.05, 4.69) is 38.0 Å². The van der Waals surface area contributed by atoms with Crippen LogP contribution in [0.4, 0.5) is 11.4 Å². The van der Waals surface area contributed by atoms with E-state index in [1.807, 2.05) is 25.1 Å². The molecule has 1 aromatic carbocycles. The Labute approximate surface area is 99.5 Å². The molecular weight excluding hydrogens is 220 g/mol. The van der Waals surface area contributed by atoms with Crippen molar-refractivity contribution in [3.05, 3.63) is 23.8 Å². The highest BCUT2D eigenvalue weighted by Crippen LogP contribution is 2.22. The van der Waals surface area contributed by atoms with Gasteiger partial charge in [0.1, 0.15) is 0 Å². The van der Waals surface area contributed by atoms with Gasteiger partial charge in [-0.15, -0.1) is 0 Å². The minimum absolute atomic E-state index is 0.793. The Morgan fingerprint density at radius 3 is 3.12 bits per heavy atom. The highest BCUT2D eigenvalue weighted by molar-refractivity contribution is 7.78. The molecule has 1 aromatic rings. The van der Waals surface area contributed by atoms with Gasteiger partial charge in [0, 0.05) is 12.2 Å². The number of nitrogens with one attached hydrogen (secondary N) is 2. The van der Waals surface area contributed by atoms with Crippen molar-refractivity contribution in [1.29, 1.82) is 0 Å². The van der Waals surface area contributed by atoms with E-state index in [1.165, 1.54) is 0 Å². The van der Waals surface area contributed by atoms with Crippen molar-refractivity contribution in [3.8, 4) is 0 Å². The molecule has 0 atom stereocenters. The van der Waals surface area contributed by atoms with Gasteiger partial charge in [0.05, 0.1) is 17.4 Å². The standard InChI is InChI=1S/C11H12N4S/c1-8-2-3-9(14-7-16)6-10(8)15-11-12-4-5-13-11/h2-3,6H,4-5H2,1H3,(H2,12,13,15). The molecule has 0 fully saturated rings. The van der Waals surface area contributed by atoms with E-state index in [1.54, 1.807) is 0 Å². The van der Waals surface area contributed by atoms with Gasteiger partial charge in [0.2, 0.25) is 0 Å². The summed E-state index contributed by atoms with van der Waals surface area (Å²) in [7, 11) is 0. The Bertz CT molecular complexity index is 475. The van der Waals surface area contributed by atoms with E-state index < -0.39 is 0 Å². The molecule has 2 N–H and O–H groups in total. The average molecular weight is 232 g/mol. The van der Waals surface area contributed by atoms with E-state index in [9.17, 15) is 0 Å². The van der Waals surface area contributed by atoms with Crippen LogP contribution in [-0.2, 0) is 0 Å². The SMILES string of the molecule is Cc1ccc(N=C=S)cc1NC1=NCCN1. The fraction of sp³-hybridized carbons (Fsp3) is 0.273. The van der Waals surface area contributed by atoms with Crippen molar-refractivity contribution in [2.45, 2.75) is 6.92 Å². The Balaban J connectivity index is 2.24. The molecule has 4 nitrogen and oxygen atoms in total. The summed E-state index contributed by atoms with van der Waals surface area (Å²) in [4.78, 5) is 8.22. The van der Waals surface area contributed by atoms with Gasteiger partial charge in [-0.1, -0.05) is 6.07 Å². The van der Waals surface area contributed by atoms with Crippen LogP contribution in [0, 0.1) is 6.92 Å². The number of benzene rings is 1. The van der Waals surface area contributed by atoms with Gasteiger partial charge in [-0.25, -0.2) is 0 Å². The van der Waals surface area contributed by atoms with E-state index in [0.29, 0.717) is 0 Å². The molecule has 82 valence electrons. The largest absolute Gasteiger partial charge is 0.354 e. The topological polar surface area (TPSA) is 48.8 Å². The zero-order chi connectivity index (χ0) is 11.4.